The lowest BCUT2D eigenvalue weighted by molar-refractivity contribution is 1.32. The third-order valence-electron chi connectivity index (χ3n) is 3.76. The van der Waals surface area contributed by atoms with Crippen molar-refractivity contribution in [1.29, 1.82) is 0 Å². The number of benzene rings is 2. The Bertz CT molecular complexity index is 872. The van der Waals surface area contributed by atoms with Crippen molar-refractivity contribution >= 4 is 34.1 Å². The molecular formula is C22H22N6. The van der Waals surface area contributed by atoms with E-state index >= 15 is 0 Å². The zero-order valence-electron chi connectivity index (χ0n) is 15.3. The molecule has 0 saturated heterocycles. The Morgan fingerprint density at radius 1 is 0.429 bits per heavy atom. The van der Waals surface area contributed by atoms with E-state index in [9.17, 15) is 0 Å². The Labute approximate surface area is 164 Å². The summed E-state index contributed by atoms with van der Waals surface area (Å²) in [5.41, 5.74) is 16.8. The van der Waals surface area contributed by atoms with Gasteiger partial charge in [-0.05, 0) is 72.8 Å². The molecule has 0 aliphatic heterocycles. The standard InChI is InChI=1S/2C11H11N3/c2*12-9-1-3-10(4-2-9)14-11-5-7-13-8-6-11/h2*1-8H,12H2,(H,13,14). The van der Waals surface area contributed by atoms with Gasteiger partial charge in [-0.15, -0.1) is 0 Å². The van der Waals surface area contributed by atoms with Crippen LogP contribution in [0.4, 0.5) is 34.1 Å². The average molecular weight is 370 g/mol. The molecule has 0 atom stereocenters. The van der Waals surface area contributed by atoms with Crippen molar-refractivity contribution in [1.82, 2.24) is 9.97 Å². The normalized spacial score (nSPS) is 9.71. The smallest absolute Gasteiger partial charge is 0.0415 e. The number of anilines is 6. The molecule has 6 N–H and O–H groups in total. The molecule has 0 aliphatic carbocycles. The van der Waals surface area contributed by atoms with E-state index in [1.807, 2.05) is 72.8 Å². The SMILES string of the molecule is Nc1ccc(Nc2ccncc2)cc1.Nc1ccc(Nc2ccncc2)cc1. The first-order valence-electron chi connectivity index (χ1n) is 8.74. The fraction of sp³-hybridized carbons (Fsp3) is 0. The van der Waals surface area contributed by atoms with Crippen molar-refractivity contribution < 1.29 is 0 Å². The van der Waals surface area contributed by atoms with Gasteiger partial charge in [0.2, 0.25) is 0 Å². The summed E-state index contributed by atoms with van der Waals surface area (Å²) in [6, 6.07) is 22.9. The summed E-state index contributed by atoms with van der Waals surface area (Å²) in [4.78, 5) is 7.88. The second-order valence-electron chi connectivity index (χ2n) is 5.97. The second-order valence-corrected chi connectivity index (χ2v) is 5.97. The van der Waals surface area contributed by atoms with Gasteiger partial charge in [0, 0.05) is 58.9 Å². The average Bonchev–Trinajstić information content (AvgIpc) is 2.74. The lowest BCUT2D eigenvalue weighted by Gasteiger charge is -2.05. The Morgan fingerprint density at radius 2 is 0.714 bits per heavy atom. The third kappa shape index (κ3) is 6.03. The van der Waals surface area contributed by atoms with Gasteiger partial charge in [-0.25, -0.2) is 0 Å². The summed E-state index contributed by atoms with van der Waals surface area (Å²) in [7, 11) is 0. The van der Waals surface area contributed by atoms with Crippen LogP contribution in [-0.4, -0.2) is 9.97 Å². The first-order valence-corrected chi connectivity index (χ1v) is 8.74. The predicted molar refractivity (Wildman–Crippen MR) is 117 cm³/mol. The second kappa shape index (κ2) is 9.59. The monoisotopic (exact) mass is 370 g/mol. The fourth-order valence-electron chi connectivity index (χ4n) is 2.34. The summed E-state index contributed by atoms with van der Waals surface area (Å²) in [6.07, 6.45) is 7.00. The van der Waals surface area contributed by atoms with E-state index in [0.717, 1.165) is 34.1 Å². The van der Waals surface area contributed by atoms with Crippen LogP contribution in [-0.2, 0) is 0 Å². The van der Waals surface area contributed by atoms with Crippen LogP contribution in [0.2, 0.25) is 0 Å². The van der Waals surface area contributed by atoms with E-state index < -0.39 is 0 Å². The van der Waals surface area contributed by atoms with Gasteiger partial charge in [0.05, 0.1) is 0 Å². The number of nitrogen functional groups attached to an aromatic ring is 2. The molecule has 4 aromatic rings. The summed E-state index contributed by atoms with van der Waals surface area (Å²) < 4.78 is 0. The van der Waals surface area contributed by atoms with E-state index in [-0.39, 0.29) is 0 Å². The van der Waals surface area contributed by atoms with Gasteiger partial charge < -0.3 is 22.1 Å². The maximum atomic E-state index is 5.58. The van der Waals surface area contributed by atoms with Gasteiger partial charge in [-0.3, -0.25) is 9.97 Å². The fourth-order valence-corrected chi connectivity index (χ4v) is 2.34. The van der Waals surface area contributed by atoms with Gasteiger partial charge >= 0.3 is 0 Å². The van der Waals surface area contributed by atoms with E-state index in [0.29, 0.717) is 0 Å². The number of hydrogen-bond acceptors (Lipinski definition) is 6. The summed E-state index contributed by atoms with van der Waals surface area (Å²) in [5.74, 6) is 0. The number of pyridine rings is 2. The molecule has 4 rings (SSSR count). The summed E-state index contributed by atoms with van der Waals surface area (Å²) in [5, 5.41) is 6.47. The molecule has 0 radical (unpaired) electrons. The van der Waals surface area contributed by atoms with Crippen molar-refractivity contribution in [2.45, 2.75) is 0 Å². The van der Waals surface area contributed by atoms with Crippen molar-refractivity contribution in [3.05, 3.63) is 97.6 Å². The third-order valence-corrected chi connectivity index (χ3v) is 3.76. The number of hydrogen-bond donors (Lipinski definition) is 4. The van der Waals surface area contributed by atoms with Gasteiger partial charge in [0.15, 0.2) is 0 Å². The molecule has 2 aromatic heterocycles. The van der Waals surface area contributed by atoms with Crippen LogP contribution >= 0.6 is 0 Å². The maximum Gasteiger partial charge on any atom is 0.0415 e. The predicted octanol–water partition coefficient (Wildman–Crippen LogP) is 4.81. The highest BCUT2D eigenvalue weighted by Gasteiger charge is 1.93. The van der Waals surface area contributed by atoms with Crippen LogP contribution < -0.4 is 22.1 Å². The molecule has 0 fully saturated rings. The van der Waals surface area contributed by atoms with E-state index in [4.69, 9.17) is 11.5 Å². The topological polar surface area (TPSA) is 102 Å². The van der Waals surface area contributed by atoms with E-state index in [1.54, 1.807) is 24.8 Å². The molecule has 6 nitrogen and oxygen atoms in total. The van der Waals surface area contributed by atoms with Crippen molar-refractivity contribution in [2.75, 3.05) is 22.1 Å². The van der Waals surface area contributed by atoms with E-state index in [1.165, 1.54) is 0 Å². The van der Waals surface area contributed by atoms with Crippen LogP contribution in [0.15, 0.2) is 97.6 Å². The summed E-state index contributed by atoms with van der Waals surface area (Å²) in [6.45, 7) is 0. The molecule has 2 aromatic carbocycles. The zero-order valence-corrected chi connectivity index (χ0v) is 15.3. The minimum atomic E-state index is 0.769. The number of nitrogens with one attached hydrogen (secondary N) is 2. The Balaban J connectivity index is 0.000000161. The van der Waals surface area contributed by atoms with Crippen LogP contribution in [0.5, 0.6) is 0 Å². The molecule has 0 bridgehead atoms. The van der Waals surface area contributed by atoms with Crippen molar-refractivity contribution in [2.24, 2.45) is 0 Å². The lowest BCUT2D eigenvalue weighted by atomic mass is 10.3. The Morgan fingerprint density at radius 3 is 1.04 bits per heavy atom. The van der Waals surface area contributed by atoms with E-state index in [2.05, 4.69) is 20.6 Å². The maximum absolute atomic E-state index is 5.58. The van der Waals surface area contributed by atoms with Gasteiger partial charge in [-0.2, -0.15) is 0 Å². The first-order chi connectivity index (χ1) is 13.7. The quantitative estimate of drug-likeness (QED) is 0.384. The van der Waals surface area contributed by atoms with Gasteiger partial charge in [-0.1, -0.05) is 0 Å². The van der Waals surface area contributed by atoms with Crippen molar-refractivity contribution in [3.8, 4) is 0 Å². The number of nitrogens with two attached hydrogens (primary N) is 2. The Hall–Kier alpha value is -4.06. The molecular weight excluding hydrogens is 348 g/mol. The highest BCUT2D eigenvalue weighted by molar-refractivity contribution is 5.62. The highest BCUT2D eigenvalue weighted by Crippen LogP contribution is 2.17. The molecule has 0 amide bonds. The minimum absolute atomic E-state index is 0.769. The molecule has 0 aliphatic rings. The molecule has 28 heavy (non-hydrogen) atoms. The summed E-state index contributed by atoms with van der Waals surface area (Å²) >= 11 is 0. The number of aromatic nitrogens is 2. The van der Waals surface area contributed by atoms with Gasteiger partial charge in [0.1, 0.15) is 0 Å². The van der Waals surface area contributed by atoms with Gasteiger partial charge in [0.25, 0.3) is 0 Å². The molecule has 0 spiro atoms. The van der Waals surface area contributed by atoms with Crippen LogP contribution in [0.1, 0.15) is 0 Å². The lowest BCUT2D eigenvalue weighted by Crippen LogP contribution is -1.90. The number of nitrogens with zero attached hydrogens (tertiary/aromatic N) is 2. The largest absolute Gasteiger partial charge is 0.399 e. The molecule has 0 unspecified atom stereocenters. The first kappa shape index (κ1) is 18.7. The van der Waals surface area contributed by atoms with Crippen LogP contribution in [0, 0.1) is 0 Å². The molecule has 0 saturated carbocycles. The molecule has 6 heteroatoms. The van der Waals surface area contributed by atoms with Crippen molar-refractivity contribution in [3.63, 3.8) is 0 Å². The van der Waals surface area contributed by atoms with Crippen LogP contribution in [0.3, 0.4) is 0 Å². The molecule has 140 valence electrons. The van der Waals surface area contributed by atoms with Crippen LogP contribution in [0.25, 0.3) is 0 Å². The zero-order chi connectivity index (χ0) is 19.6. The Kier molecular flexibility index (Phi) is 6.41. The minimum Gasteiger partial charge on any atom is -0.399 e. The number of rotatable bonds is 4. The highest BCUT2D eigenvalue weighted by atomic mass is 14.9. The molecule has 2 heterocycles.